The molecule has 1 aliphatic heterocycles. The maximum absolute atomic E-state index is 12.7. The number of rotatable bonds is 5. The number of hydrogen-bond donors (Lipinski definition) is 1. The average molecular weight is 508 g/mol. The van der Waals surface area contributed by atoms with Gasteiger partial charge in [-0.3, -0.25) is 15.0 Å². The van der Waals surface area contributed by atoms with Crippen molar-refractivity contribution in [3.63, 3.8) is 0 Å². The summed E-state index contributed by atoms with van der Waals surface area (Å²) in [5, 5.41) is 2.61. The van der Waals surface area contributed by atoms with Crippen molar-refractivity contribution in [3.05, 3.63) is 97.5 Å². The molecule has 1 aliphatic rings. The van der Waals surface area contributed by atoms with Crippen LogP contribution in [0.3, 0.4) is 0 Å². The summed E-state index contributed by atoms with van der Waals surface area (Å²) in [6.45, 7) is 0.128. The first-order valence-corrected chi connectivity index (χ1v) is 10.8. The lowest BCUT2D eigenvalue weighted by Gasteiger charge is -2.14. The van der Waals surface area contributed by atoms with Crippen molar-refractivity contribution in [2.45, 2.75) is 6.61 Å². The van der Waals surface area contributed by atoms with Crippen molar-refractivity contribution in [1.29, 1.82) is 0 Å². The van der Waals surface area contributed by atoms with Crippen molar-refractivity contribution in [2.75, 3.05) is 5.01 Å². The molecule has 1 heterocycles. The Morgan fingerprint density at radius 1 is 0.875 bits per heavy atom. The second kappa shape index (κ2) is 9.43. The number of carbonyl (C=O) groups is 2. The maximum atomic E-state index is 12.7. The fourth-order valence-electron chi connectivity index (χ4n) is 3.07. The number of halogens is 4. The molecule has 0 aromatic heterocycles. The number of benzene rings is 3. The van der Waals surface area contributed by atoms with Crippen molar-refractivity contribution < 1.29 is 14.3 Å². The molecule has 0 spiro atoms. The Labute approximate surface area is 204 Å². The molecule has 9 heteroatoms. The van der Waals surface area contributed by atoms with E-state index in [-0.39, 0.29) is 28.0 Å². The molecule has 1 N–H and O–H groups in total. The van der Waals surface area contributed by atoms with Crippen LogP contribution in [0.4, 0.5) is 5.69 Å². The quantitative estimate of drug-likeness (QED) is 0.323. The summed E-state index contributed by atoms with van der Waals surface area (Å²) >= 11 is 24.8. The number of hydrogen-bond acceptors (Lipinski definition) is 3. The van der Waals surface area contributed by atoms with Gasteiger partial charge in [-0.2, -0.15) is 0 Å². The van der Waals surface area contributed by atoms with Crippen LogP contribution in [0.5, 0.6) is 5.75 Å². The number of nitrogens with one attached hydrogen (secondary N) is 1. The smallest absolute Gasteiger partial charge is 0.282 e. The minimum atomic E-state index is -0.524. The summed E-state index contributed by atoms with van der Waals surface area (Å²) < 4.78 is 5.75. The Kier molecular flexibility index (Phi) is 6.63. The monoisotopic (exact) mass is 506 g/mol. The van der Waals surface area contributed by atoms with Crippen molar-refractivity contribution in [3.8, 4) is 5.75 Å². The molecule has 32 heavy (non-hydrogen) atoms. The number of anilines is 1. The zero-order chi connectivity index (χ0) is 22.8. The van der Waals surface area contributed by atoms with Crippen LogP contribution in [0.1, 0.15) is 11.1 Å². The topological polar surface area (TPSA) is 58.6 Å². The van der Waals surface area contributed by atoms with Crippen molar-refractivity contribution in [1.82, 2.24) is 5.43 Å². The van der Waals surface area contributed by atoms with Gasteiger partial charge in [-0.05, 0) is 48.0 Å². The van der Waals surface area contributed by atoms with Crippen molar-refractivity contribution in [2.24, 2.45) is 0 Å². The first kappa shape index (κ1) is 22.5. The number of amides is 2. The fraction of sp³-hybridized carbons (Fsp3) is 0.0435. The van der Waals surface area contributed by atoms with Crippen LogP contribution in [0.2, 0.25) is 20.1 Å². The number of ether oxygens (including phenoxy) is 1. The van der Waals surface area contributed by atoms with Crippen LogP contribution in [0.15, 0.2) is 66.2 Å². The molecule has 3 aromatic carbocycles. The zero-order valence-electron chi connectivity index (χ0n) is 16.2. The molecule has 0 atom stereocenters. The minimum absolute atomic E-state index is 0.0393. The van der Waals surface area contributed by atoms with E-state index in [9.17, 15) is 9.59 Å². The lowest BCUT2D eigenvalue weighted by Crippen LogP contribution is -2.35. The maximum Gasteiger partial charge on any atom is 0.282 e. The molecule has 5 nitrogen and oxygen atoms in total. The fourth-order valence-corrected chi connectivity index (χ4v) is 4.15. The molecular weight excluding hydrogens is 494 g/mol. The summed E-state index contributed by atoms with van der Waals surface area (Å²) in [5.41, 5.74) is 4.24. The van der Waals surface area contributed by atoms with Gasteiger partial charge in [0.05, 0.1) is 15.7 Å². The van der Waals surface area contributed by atoms with E-state index in [1.807, 2.05) is 6.07 Å². The van der Waals surface area contributed by atoms with Gasteiger partial charge in [0, 0.05) is 15.6 Å². The Morgan fingerprint density at radius 3 is 2.22 bits per heavy atom. The van der Waals surface area contributed by atoms with Crippen LogP contribution in [-0.2, 0) is 16.2 Å². The number of carbonyl (C=O) groups excluding carboxylic acids is 2. The van der Waals surface area contributed by atoms with Gasteiger partial charge in [-0.25, -0.2) is 5.01 Å². The molecule has 0 aliphatic carbocycles. The third-order valence-corrected chi connectivity index (χ3v) is 5.77. The van der Waals surface area contributed by atoms with E-state index in [0.717, 1.165) is 0 Å². The van der Waals surface area contributed by atoms with E-state index in [0.29, 0.717) is 26.9 Å². The van der Waals surface area contributed by atoms with Gasteiger partial charge in [0.2, 0.25) is 0 Å². The number of nitrogens with zero attached hydrogens (tertiary/aromatic N) is 1. The highest BCUT2D eigenvalue weighted by molar-refractivity contribution is 6.38. The van der Waals surface area contributed by atoms with Gasteiger partial charge >= 0.3 is 0 Å². The van der Waals surface area contributed by atoms with Crippen molar-refractivity contribution >= 4 is 70.0 Å². The molecule has 0 saturated carbocycles. The average Bonchev–Trinajstić information content (AvgIpc) is 3.03. The van der Waals surface area contributed by atoms with E-state index in [1.54, 1.807) is 54.6 Å². The summed E-state index contributed by atoms with van der Waals surface area (Å²) in [7, 11) is 0. The third-order valence-electron chi connectivity index (χ3n) is 4.62. The van der Waals surface area contributed by atoms with Gasteiger partial charge in [0.1, 0.15) is 12.2 Å². The second-order valence-electron chi connectivity index (χ2n) is 6.81. The van der Waals surface area contributed by atoms with Gasteiger partial charge in [0.15, 0.2) is 5.75 Å². The van der Waals surface area contributed by atoms with Gasteiger partial charge in [-0.1, -0.05) is 70.7 Å². The third kappa shape index (κ3) is 4.71. The van der Waals surface area contributed by atoms with Gasteiger partial charge in [-0.15, -0.1) is 0 Å². The minimum Gasteiger partial charge on any atom is -0.486 e. The summed E-state index contributed by atoms with van der Waals surface area (Å²) in [6.07, 6.45) is 1.43. The molecule has 0 radical (unpaired) electrons. The lowest BCUT2D eigenvalue weighted by molar-refractivity contribution is -0.117. The summed E-state index contributed by atoms with van der Waals surface area (Å²) in [6, 6.07) is 17.0. The second-order valence-corrected chi connectivity index (χ2v) is 8.47. The molecule has 3 aromatic rings. The summed E-state index contributed by atoms with van der Waals surface area (Å²) in [4.78, 5) is 25.1. The van der Waals surface area contributed by atoms with Crippen LogP contribution >= 0.6 is 46.4 Å². The first-order valence-electron chi connectivity index (χ1n) is 9.31. The van der Waals surface area contributed by atoms with Gasteiger partial charge in [0.25, 0.3) is 11.8 Å². The lowest BCUT2D eigenvalue weighted by atomic mass is 10.1. The first-order chi connectivity index (χ1) is 15.3. The van der Waals surface area contributed by atoms with Crippen LogP contribution < -0.4 is 15.2 Å². The predicted molar refractivity (Wildman–Crippen MR) is 127 cm³/mol. The molecule has 162 valence electrons. The van der Waals surface area contributed by atoms with E-state index in [2.05, 4.69) is 5.43 Å². The van der Waals surface area contributed by atoms with E-state index in [4.69, 9.17) is 51.1 Å². The largest absolute Gasteiger partial charge is 0.486 e. The Hall–Kier alpha value is -2.70. The highest BCUT2D eigenvalue weighted by Crippen LogP contribution is 2.36. The van der Waals surface area contributed by atoms with Crippen LogP contribution in [0.25, 0.3) is 6.08 Å². The number of hydrazine groups is 1. The normalized spacial score (nSPS) is 14.8. The standard InChI is InChI=1S/C23H14Cl4N2O3/c24-15-7-6-14(18(25)11-15)12-32-21-19(26)9-13(10-20(21)27)8-17-22(30)28-29(23(17)31)16-4-2-1-3-5-16/h1-11H,12H2,(H,28,30)/b17-8-. The molecule has 1 saturated heterocycles. The molecule has 4 rings (SSSR count). The van der Waals surface area contributed by atoms with Crippen LogP contribution in [0, 0.1) is 0 Å². The SMILES string of the molecule is O=C1NN(c2ccccc2)C(=O)/C1=C\c1cc(Cl)c(OCc2ccc(Cl)cc2Cl)c(Cl)c1. The predicted octanol–water partition coefficient (Wildman–Crippen LogP) is 6.34. The molecular formula is C23H14Cl4N2O3. The Morgan fingerprint density at radius 2 is 1.56 bits per heavy atom. The highest BCUT2D eigenvalue weighted by atomic mass is 35.5. The van der Waals surface area contributed by atoms with E-state index in [1.165, 1.54) is 11.1 Å². The molecule has 0 unspecified atom stereocenters. The molecule has 1 fully saturated rings. The van der Waals surface area contributed by atoms with E-state index >= 15 is 0 Å². The Bertz CT molecular complexity index is 1220. The van der Waals surface area contributed by atoms with Gasteiger partial charge < -0.3 is 4.74 Å². The molecule has 0 bridgehead atoms. The number of para-hydroxylation sites is 1. The highest BCUT2D eigenvalue weighted by Gasteiger charge is 2.34. The molecule has 2 amide bonds. The Balaban J connectivity index is 1.56. The zero-order valence-corrected chi connectivity index (χ0v) is 19.3. The summed E-state index contributed by atoms with van der Waals surface area (Å²) in [5.74, 6) is -0.746. The van der Waals surface area contributed by atoms with E-state index < -0.39 is 11.8 Å². The van der Waals surface area contributed by atoms with Crippen LogP contribution in [-0.4, -0.2) is 11.8 Å².